The first-order chi connectivity index (χ1) is 14.0. The number of halogens is 1. The third-order valence-corrected chi connectivity index (χ3v) is 5.59. The number of anilines is 2. The Morgan fingerprint density at radius 2 is 2.03 bits per heavy atom. The standard InChI is InChI=1S/C22H25ClN4O2/c1-3-29-21-7-5-4-6-20(21)27-12-10-26(11-13-27)16(2)22(28)25-18-9-8-17(15-24)19(23)14-18/h4-9,14,16H,3,10-13H2,1-2H3,(H,25,28)/p+1/t16-/m1/s1. The van der Waals surface area contributed by atoms with Gasteiger partial charge in [0, 0.05) is 5.69 Å². The van der Waals surface area contributed by atoms with Gasteiger partial charge in [0.1, 0.15) is 11.8 Å². The molecule has 0 bridgehead atoms. The summed E-state index contributed by atoms with van der Waals surface area (Å²) in [6.07, 6.45) is 0. The summed E-state index contributed by atoms with van der Waals surface area (Å²) in [5.41, 5.74) is 2.11. The van der Waals surface area contributed by atoms with Crippen molar-refractivity contribution in [3.63, 3.8) is 0 Å². The van der Waals surface area contributed by atoms with Crippen LogP contribution >= 0.6 is 11.6 Å². The van der Waals surface area contributed by atoms with Crippen molar-refractivity contribution in [2.24, 2.45) is 0 Å². The fourth-order valence-electron chi connectivity index (χ4n) is 3.58. The van der Waals surface area contributed by atoms with E-state index in [1.54, 1.807) is 18.2 Å². The molecule has 0 aliphatic carbocycles. The minimum Gasteiger partial charge on any atom is -0.492 e. The van der Waals surface area contributed by atoms with Gasteiger partial charge in [0.25, 0.3) is 5.91 Å². The van der Waals surface area contributed by atoms with Crippen LogP contribution in [-0.2, 0) is 4.79 Å². The first kappa shape index (κ1) is 21.0. The number of nitrogens with one attached hydrogen (secondary N) is 2. The van der Waals surface area contributed by atoms with Crippen molar-refractivity contribution >= 4 is 28.9 Å². The van der Waals surface area contributed by atoms with Crippen LogP contribution in [0.15, 0.2) is 42.5 Å². The van der Waals surface area contributed by atoms with E-state index in [4.69, 9.17) is 21.6 Å². The fraction of sp³-hybridized carbons (Fsp3) is 0.364. The second-order valence-corrected chi connectivity index (χ2v) is 7.47. The molecule has 2 aromatic rings. The molecule has 0 spiro atoms. The quantitative estimate of drug-likeness (QED) is 0.762. The first-order valence-electron chi connectivity index (χ1n) is 9.85. The molecule has 1 aliphatic rings. The van der Waals surface area contributed by atoms with Crippen molar-refractivity contribution in [2.45, 2.75) is 19.9 Å². The van der Waals surface area contributed by atoms with E-state index in [0.717, 1.165) is 37.6 Å². The lowest BCUT2D eigenvalue weighted by Crippen LogP contribution is -3.19. The van der Waals surface area contributed by atoms with Crippen LogP contribution in [0.3, 0.4) is 0 Å². The van der Waals surface area contributed by atoms with Crippen LogP contribution in [0.5, 0.6) is 5.75 Å². The maximum atomic E-state index is 12.7. The Kier molecular flexibility index (Phi) is 6.97. The molecule has 1 amide bonds. The van der Waals surface area contributed by atoms with Crippen molar-refractivity contribution in [3.05, 3.63) is 53.1 Å². The van der Waals surface area contributed by atoms with Gasteiger partial charge < -0.3 is 19.9 Å². The van der Waals surface area contributed by atoms with Crippen molar-refractivity contribution in [1.82, 2.24) is 0 Å². The zero-order valence-electron chi connectivity index (χ0n) is 16.7. The number of carbonyl (C=O) groups is 1. The summed E-state index contributed by atoms with van der Waals surface area (Å²) in [5.74, 6) is 0.853. The molecule has 6 nitrogen and oxygen atoms in total. The molecule has 0 aromatic heterocycles. The van der Waals surface area contributed by atoms with Gasteiger partial charge >= 0.3 is 0 Å². The average Bonchev–Trinajstić information content (AvgIpc) is 2.74. The molecule has 2 N–H and O–H groups in total. The summed E-state index contributed by atoms with van der Waals surface area (Å²) in [7, 11) is 0. The minimum atomic E-state index is -0.186. The number of amides is 1. The highest BCUT2D eigenvalue weighted by Crippen LogP contribution is 2.27. The Labute approximate surface area is 176 Å². The fourth-order valence-corrected chi connectivity index (χ4v) is 3.81. The van der Waals surface area contributed by atoms with E-state index in [1.165, 1.54) is 4.90 Å². The Hall–Kier alpha value is -2.75. The van der Waals surface area contributed by atoms with E-state index in [-0.39, 0.29) is 11.9 Å². The SMILES string of the molecule is CCOc1ccccc1N1CC[NH+]([C@H](C)C(=O)Nc2ccc(C#N)c(Cl)c2)CC1. The van der Waals surface area contributed by atoms with E-state index < -0.39 is 0 Å². The predicted molar refractivity (Wildman–Crippen MR) is 115 cm³/mol. The van der Waals surface area contributed by atoms with Gasteiger partial charge in [-0.3, -0.25) is 4.79 Å². The summed E-state index contributed by atoms with van der Waals surface area (Å²) in [6, 6.07) is 14.8. The lowest BCUT2D eigenvalue weighted by Gasteiger charge is -2.36. The normalized spacial score (nSPS) is 15.4. The molecule has 152 valence electrons. The Morgan fingerprint density at radius 3 is 2.69 bits per heavy atom. The van der Waals surface area contributed by atoms with Gasteiger partial charge in [-0.25, -0.2) is 0 Å². The van der Waals surface area contributed by atoms with Gasteiger partial charge in [0.05, 0.1) is 49.1 Å². The molecule has 1 saturated heterocycles. The van der Waals surface area contributed by atoms with Gasteiger partial charge in [-0.05, 0) is 44.2 Å². The monoisotopic (exact) mass is 413 g/mol. The molecule has 1 fully saturated rings. The molecule has 29 heavy (non-hydrogen) atoms. The van der Waals surface area contributed by atoms with Crippen LogP contribution < -0.4 is 19.9 Å². The summed E-state index contributed by atoms with van der Waals surface area (Å²) < 4.78 is 5.75. The second kappa shape index (κ2) is 9.64. The number of benzene rings is 2. The minimum absolute atomic E-state index is 0.0519. The van der Waals surface area contributed by atoms with Gasteiger partial charge in [0.2, 0.25) is 0 Å². The summed E-state index contributed by atoms with van der Waals surface area (Å²) in [4.78, 5) is 16.3. The van der Waals surface area contributed by atoms with Crippen LogP contribution in [-0.4, -0.2) is 44.7 Å². The lowest BCUT2D eigenvalue weighted by molar-refractivity contribution is -0.914. The molecule has 0 unspecified atom stereocenters. The highest BCUT2D eigenvalue weighted by molar-refractivity contribution is 6.32. The number of rotatable bonds is 6. The maximum absolute atomic E-state index is 12.7. The molecule has 7 heteroatoms. The molecular weight excluding hydrogens is 388 g/mol. The molecule has 3 rings (SSSR count). The van der Waals surface area contributed by atoms with Crippen LogP contribution in [0.2, 0.25) is 5.02 Å². The van der Waals surface area contributed by atoms with Gasteiger partial charge in [-0.2, -0.15) is 5.26 Å². The number of carbonyl (C=O) groups excluding carboxylic acids is 1. The smallest absolute Gasteiger partial charge is 0.282 e. The zero-order chi connectivity index (χ0) is 20.8. The largest absolute Gasteiger partial charge is 0.492 e. The van der Waals surface area contributed by atoms with Crippen molar-refractivity contribution < 1.29 is 14.4 Å². The van der Waals surface area contributed by atoms with E-state index in [9.17, 15) is 4.79 Å². The second-order valence-electron chi connectivity index (χ2n) is 7.06. The zero-order valence-corrected chi connectivity index (χ0v) is 17.5. The number of ether oxygens (including phenoxy) is 1. The van der Waals surface area contributed by atoms with E-state index in [0.29, 0.717) is 22.9 Å². The van der Waals surface area contributed by atoms with Crippen LogP contribution in [0.1, 0.15) is 19.4 Å². The summed E-state index contributed by atoms with van der Waals surface area (Å²) in [5, 5.41) is 12.2. The molecule has 2 aromatic carbocycles. The molecule has 0 saturated carbocycles. The average molecular weight is 414 g/mol. The number of nitrogens with zero attached hydrogens (tertiary/aromatic N) is 2. The number of piperazine rings is 1. The molecule has 1 atom stereocenters. The number of hydrogen-bond acceptors (Lipinski definition) is 4. The van der Waals surface area contributed by atoms with Crippen LogP contribution in [0, 0.1) is 11.3 Å². The molecule has 1 heterocycles. The van der Waals surface area contributed by atoms with Gasteiger partial charge in [-0.15, -0.1) is 0 Å². The Bertz CT molecular complexity index is 904. The van der Waals surface area contributed by atoms with Gasteiger partial charge in [-0.1, -0.05) is 23.7 Å². The van der Waals surface area contributed by atoms with E-state index in [2.05, 4.69) is 16.3 Å². The highest BCUT2D eigenvalue weighted by atomic mass is 35.5. The molecular formula is C22H26ClN4O2+. The summed E-state index contributed by atoms with van der Waals surface area (Å²) in [6.45, 7) is 8.02. The highest BCUT2D eigenvalue weighted by Gasteiger charge is 2.30. The Morgan fingerprint density at radius 1 is 1.31 bits per heavy atom. The number of para-hydroxylation sites is 2. The molecule has 1 aliphatic heterocycles. The van der Waals surface area contributed by atoms with Gasteiger partial charge in [0.15, 0.2) is 6.04 Å². The first-order valence-corrected chi connectivity index (χ1v) is 10.2. The van der Waals surface area contributed by atoms with Crippen LogP contribution in [0.4, 0.5) is 11.4 Å². The van der Waals surface area contributed by atoms with Crippen molar-refractivity contribution in [1.29, 1.82) is 5.26 Å². The maximum Gasteiger partial charge on any atom is 0.282 e. The van der Waals surface area contributed by atoms with E-state index in [1.807, 2.05) is 38.1 Å². The number of hydrogen-bond donors (Lipinski definition) is 2. The Balaban J connectivity index is 1.58. The molecule has 0 radical (unpaired) electrons. The van der Waals surface area contributed by atoms with Crippen molar-refractivity contribution in [3.8, 4) is 11.8 Å². The lowest BCUT2D eigenvalue weighted by atomic mass is 10.1. The van der Waals surface area contributed by atoms with Crippen molar-refractivity contribution in [2.75, 3.05) is 43.0 Å². The van der Waals surface area contributed by atoms with Crippen LogP contribution in [0.25, 0.3) is 0 Å². The third-order valence-electron chi connectivity index (χ3n) is 5.27. The predicted octanol–water partition coefficient (Wildman–Crippen LogP) is 2.34. The van der Waals surface area contributed by atoms with E-state index >= 15 is 0 Å². The topological polar surface area (TPSA) is 69.8 Å². The number of quaternary nitrogens is 1. The number of nitriles is 1. The summed E-state index contributed by atoms with van der Waals surface area (Å²) >= 11 is 6.06. The third kappa shape index (κ3) is 5.00.